The molecule has 2 amide bonds. The van der Waals surface area contributed by atoms with E-state index in [2.05, 4.69) is 10.2 Å². The zero-order valence-electron chi connectivity index (χ0n) is 15.1. The van der Waals surface area contributed by atoms with Crippen LogP contribution in [0.3, 0.4) is 0 Å². The maximum absolute atomic E-state index is 12.8. The first-order valence-electron chi connectivity index (χ1n) is 10.2. The molecular weight excluding hydrogens is 332 g/mol. The van der Waals surface area contributed by atoms with Gasteiger partial charge in [0.25, 0.3) is 0 Å². The molecule has 2 heterocycles. The predicted molar refractivity (Wildman–Crippen MR) is 99.2 cm³/mol. The molecule has 6 rings (SSSR count). The van der Waals surface area contributed by atoms with Crippen LogP contribution in [0.1, 0.15) is 57.8 Å². The normalized spacial score (nSPS) is 41.4. The Labute approximate surface area is 154 Å². The molecule has 25 heavy (non-hydrogen) atoms. The van der Waals surface area contributed by atoms with E-state index in [-0.39, 0.29) is 11.3 Å². The zero-order valence-corrected chi connectivity index (χ0v) is 15.9. The Kier molecular flexibility index (Phi) is 3.88. The van der Waals surface area contributed by atoms with Gasteiger partial charge in [-0.3, -0.25) is 9.59 Å². The monoisotopic (exact) mass is 362 g/mol. The van der Waals surface area contributed by atoms with E-state index in [9.17, 15) is 9.59 Å². The molecule has 0 unspecified atom stereocenters. The van der Waals surface area contributed by atoms with Gasteiger partial charge in [0.05, 0.1) is 5.75 Å². The van der Waals surface area contributed by atoms with Gasteiger partial charge in [-0.05, 0) is 74.5 Å². The summed E-state index contributed by atoms with van der Waals surface area (Å²) in [5.41, 5.74) is 0.140. The summed E-state index contributed by atoms with van der Waals surface area (Å²) in [5.74, 6) is 4.07. The van der Waals surface area contributed by atoms with Crippen LogP contribution in [0.25, 0.3) is 0 Å². The molecule has 1 N–H and O–H groups in total. The molecule has 1 spiro atoms. The fourth-order valence-electron chi connectivity index (χ4n) is 6.85. The Morgan fingerprint density at radius 2 is 1.68 bits per heavy atom. The first-order chi connectivity index (χ1) is 12.0. The molecule has 4 nitrogen and oxygen atoms in total. The van der Waals surface area contributed by atoms with Gasteiger partial charge in [0.2, 0.25) is 11.8 Å². The second-order valence-electron chi connectivity index (χ2n) is 9.72. The average Bonchev–Trinajstić information content (AvgIpc) is 2.93. The van der Waals surface area contributed by atoms with Crippen molar-refractivity contribution in [2.45, 2.75) is 62.5 Å². The van der Waals surface area contributed by atoms with Crippen molar-refractivity contribution < 1.29 is 9.59 Å². The highest BCUT2D eigenvalue weighted by atomic mass is 32.2. The third-order valence-corrected chi connectivity index (χ3v) is 9.36. The summed E-state index contributed by atoms with van der Waals surface area (Å²) >= 11 is 2.00. The molecule has 138 valence electrons. The number of nitrogens with one attached hydrogen (secondary N) is 1. The Morgan fingerprint density at radius 1 is 1.08 bits per heavy atom. The van der Waals surface area contributed by atoms with E-state index < -0.39 is 0 Å². The minimum absolute atomic E-state index is 0.140. The molecule has 4 aliphatic carbocycles. The standard InChI is InChI=1S/C20H30N2O2S/c23-17-11-19(13-21-17)1-3-22(4-2-19)18(24)12-25-20-8-14-5-15(9-20)7-16(6-14)10-20/h14-16H,1-13H2,(H,21,23). The molecule has 0 aromatic carbocycles. The lowest BCUT2D eigenvalue weighted by atomic mass is 9.56. The van der Waals surface area contributed by atoms with Crippen LogP contribution in [0.4, 0.5) is 0 Å². The molecule has 0 radical (unpaired) electrons. The summed E-state index contributed by atoms with van der Waals surface area (Å²) in [6.45, 7) is 2.50. The molecular formula is C20H30N2O2S. The van der Waals surface area contributed by atoms with Crippen LogP contribution in [0, 0.1) is 23.2 Å². The van der Waals surface area contributed by atoms with Crippen LogP contribution in [0.15, 0.2) is 0 Å². The minimum Gasteiger partial charge on any atom is -0.356 e. The van der Waals surface area contributed by atoms with Crippen LogP contribution in [0.2, 0.25) is 0 Å². The first kappa shape index (κ1) is 16.5. The van der Waals surface area contributed by atoms with Gasteiger partial charge < -0.3 is 10.2 Å². The maximum Gasteiger partial charge on any atom is 0.232 e. The van der Waals surface area contributed by atoms with Crippen molar-refractivity contribution in [2.24, 2.45) is 23.2 Å². The molecule has 0 aromatic rings. The van der Waals surface area contributed by atoms with Crippen molar-refractivity contribution in [3.8, 4) is 0 Å². The van der Waals surface area contributed by atoms with Crippen molar-refractivity contribution in [3.63, 3.8) is 0 Å². The van der Waals surface area contributed by atoms with Gasteiger partial charge in [0.15, 0.2) is 0 Å². The highest BCUT2D eigenvalue weighted by molar-refractivity contribution is 8.01. The Bertz CT molecular complexity index is 547. The first-order valence-corrected chi connectivity index (χ1v) is 11.2. The van der Waals surface area contributed by atoms with Gasteiger partial charge in [-0.2, -0.15) is 0 Å². The predicted octanol–water partition coefficient (Wildman–Crippen LogP) is 2.82. The molecule has 6 aliphatic rings. The van der Waals surface area contributed by atoms with Crippen molar-refractivity contribution >= 4 is 23.6 Å². The van der Waals surface area contributed by atoms with Crippen LogP contribution >= 0.6 is 11.8 Å². The van der Waals surface area contributed by atoms with E-state index in [0.29, 0.717) is 22.8 Å². The van der Waals surface area contributed by atoms with E-state index in [1.807, 2.05) is 11.8 Å². The highest BCUT2D eigenvalue weighted by Crippen LogP contribution is 2.60. The number of hydrogen-bond donors (Lipinski definition) is 1. The van der Waals surface area contributed by atoms with Crippen LogP contribution in [0.5, 0.6) is 0 Å². The third kappa shape index (κ3) is 3.00. The lowest BCUT2D eigenvalue weighted by Gasteiger charge is -2.56. The summed E-state index contributed by atoms with van der Waals surface area (Å²) in [7, 11) is 0. The van der Waals surface area contributed by atoms with Crippen molar-refractivity contribution in [1.29, 1.82) is 0 Å². The minimum atomic E-state index is 0.140. The van der Waals surface area contributed by atoms with Crippen LogP contribution < -0.4 is 5.32 Å². The molecule has 6 fully saturated rings. The zero-order chi connectivity index (χ0) is 17.1. The molecule has 0 aromatic heterocycles. The van der Waals surface area contributed by atoms with E-state index in [1.54, 1.807) is 0 Å². The van der Waals surface area contributed by atoms with Crippen molar-refractivity contribution in [3.05, 3.63) is 0 Å². The van der Waals surface area contributed by atoms with E-state index in [1.165, 1.54) is 38.5 Å². The number of rotatable bonds is 3. The van der Waals surface area contributed by atoms with Crippen molar-refractivity contribution in [2.75, 3.05) is 25.4 Å². The molecule has 2 aliphatic heterocycles. The highest BCUT2D eigenvalue weighted by Gasteiger charge is 2.51. The van der Waals surface area contributed by atoms with Gasteiger partial charge in [0.1, 0.15) is 0 Å². The Hall–Kier alpha value is -0.710. The third-order valence-electron chi connectivity index (χ3n) is 7.86. The van der Waals surface area contributed by atoms with Gasteiger partial charge >= 0.3 is 0 Å². The number of carbonyl (C=O) groups excluding carboxylic acids is 2. The van der Waals surface area contributed by atoms with E-state index in [0.717, 1.165) is 50.2 Å². The SMILES string of the molecule is O=C1CC2(CCN(C(=O)CSC34CC5CC(CC(C5)C3)C4)CC2)CN1. The number of thioether (sulfide) groups is 1. The van der Waals surface area contributed by atoms with Crippen LogP contribution in [-0.4, -0.2) is 46.8 Å². The lowest BCUT2D eigenvalue weighted by molar-refractivity contribution is -0.130. The van der Waals surface area contributed by atoms with Gasteiger partial charge in [0, 0.05) is 30.8 Å². The number of carbonyl (C=O) groups is 2. The fourth-order valence-corrected chi connectivity index (χ4v) is 8.52. The average molecular weight is 363 g/mol. The number of likely N-dealkylation sites (tertiary alicyclic amines) is 1. The quantitative estimate of drug-likeness (QED) is 0.840. The summed E-state index contributed by atoms with van der Waals surface area (Å²) in [6, 6.07) is 0. The Morgan fingerprint density at radius 3 is 2.20 bits per heavy atom. The second-order valence-corrected chi connectivity index (χ2v) is 11.2. The van der Waals surface area contributed by atoms with Crippen LogP contribution in [-0.2, 0) is 9.59 Å². The van der Waals surface area contributed by atoms with E-state index >= 15 is 0 Å². The molecule has 4 bridgehead atoms. The molecule has 5 heteroatoms. The fraction of sp³-hybridized carbons (Fsp3) is 0.900. The van der Waals surface area contributed by atoms with Gasteiger partial charge in [-0.15, -0.1) is 11.8 Å². The number of hydrogen-bond acceptors (Lipinski definition) is 3. The summed E-state index contributed by atoms with van der Waals surface area (Å²) in [4.78, 5) is 26.4. The second kappa shape index (κ2) is 5.90. The lowest BCUT2D eigenvalue weighted by Crippen LogP contribution is -2.49. The summed E-state index contributed by atoms with van der Waals surface area (Å²) in [5, 5.41) is 2.98. The topological polar surface area (TPSA) is 49.4 Å². The summed E-state index contributed by atoms with van der Waals surface area (Å²) in [6.07, 6.45) is 11.1. The largest absolute Gasteiger partial charge is 0.356 e. The maximum atomic E-state index is 12.8. The van der Waals surface area contributed by atoms with Crippen molar-refractivity contribution in [1.82, 2.24) is 10.2 Å². The molecule has 4 saturated carbocycles. The smallest absolute Gasteiger partial charge is 0.232 e. The van der Waals surface area contributed by atoms with E-state index in [4.69, 9.17) is 0 Å². The molecule has 0 atom stereocenters. The number of piperidine rings is 1. The summed E-state index contributed by atoms with van der Waals surface area (Å²) < 4.78 is 0.434. The van der Waals surface area contributed by atoms with Gasteiger partial charge in [-0.1, -0.05) is 0 Å². The Balaban J connectivity index is 1.15. The number of amides is 2. The molecule has 2 saturated heterocycles. The number of nitrogens with zero attached hydrogens (tertiary/aromatic N) is 1. The van der Waals surface area contributed by atoms with Gasteiger partial charge in [-0.25, -0.2) is 0 Å².